The van der Waals surface area contributed by atoms with Gasteiger partial charge in [-0.1, -0.05) is 24.3 Å². The molecule has 108 valence electrons. The van der Waals surface area contributed by atoms with Crippen molar-refractivity contribution in [1.82, 2.24) is 4.98 Å². The minimum atomic E-state index is -0.494. The van der Waals surface area contributed by atoms with Crippen molar-refractivity contribution in [2.45, 2.75) is 43.8 Å². The average Bonchev–Trinajstić information content (AvgIpc) is 2.97. The predicted octanol–water partition coefficient (Wildman–Crippen LogP) is 2.87. The van der Waals surface area contributed by atoms with Crippen LogP contribution in [-0.2, 0) is 12.8 Å². The second kappa shape index (κ2) is 5.15. The zero-order chi connectivity index (χ0) is 14.2. The van der Waals surface area contributed by atoms with Gasteiger partial charge in [-0.25, -0.2) is 0 Å². The Hall–Kier alpha value is -1.87. The normalized spacial score (nSPS) is 24.8. The monoisotopic (exact) mass is 281 g/mol. The molecule has 3 atom stereocenters. The molecule has 2 aliphatic rings. The maximum atomic E-state index is 10.8. The van der Waals surface area contributed by atoms with Gasteiger partial charge in [0.05, 0.1) is 6.10 Å². The first kappa shape index (κ1) is 12.8. The first-order chi connectivity index (χ1) is 10.3. The molecule has 1 N–H and O–H groups in total. The number of para-hydroxylation sites is 1. The topological polar surface area (TPSA) is 42.4 Å². The minimum absolute atomic E-state index is 0.0919. The van der Waals surface area contributed by atoms with Crippen molar-refractivity contribution in [3.05, 3.63) is 59.4 Å². The van der Waals surface area contributed by atoms with E-state index in [4.69, 9.17) is 4.74 Å². The molecule has 0 bridgehead atoms. The summed E-state index contributed by atoms with van der Waals surface area (Å²) in [4.78, 5) is 4.53. The van der Waals surface area contributed by atoms with Crippen LogP contribution in [0.15, 0.2) is 42.6 Å². The standard InChI is InChI=1S/C18H19NO2/c20-18(16-11-13-5-1-2-9-15(13)21-16)14-8-3-6-12-7-4-10-19-17(12)14/h1-2,4-5,7,9-10,14,16,18,20H,3,6,8,11H2. The molecule has 1 aromatic heterocycles. The van der Waals surface area contributed by atoms with Crippen LogP contribution in [0.3, 0.4) is 0 Å². The quantitative estimate of drug-likeness (QED) is 0.920. The molecule has 21 heavy (non-hydrogen) atoms. The van der Waals surface area contributed by atoms with Crippen molar-refractivity contribution in [2.24, 2.45) is 0 Å². The number of benzene rings is 1. The van der Waals surface area contributed by atoms with E-state index in [0.29, 0.717) is 0 Å². The van der Waals surface area contributed by atoms with Gasteiger partial charge >= 0.3 is 0 Å². The second-order valence-corrected chi connectivity index (χ2v) is 6.01. The first-order valence-electron chi connectivity index (χ1n) is 7.69. The third-order valence-electron chi connectivity index (χ3n) is 4.70. The van der Waals surface area contributed by atoms with E-state index >= 15 is 0 Å². The molecule has 3 heteroatoms. The summed E-state index contributed by atoms with van der Waals surface area (Å²) in [7, 11) is 0. The van der Waals surface area contributed by atoms with Gasteiger partial charge in [-0.2, -0.15) is 0 Å². The maximum absolute atomic E-state index is 10.8. The van der Waals surface area contributed by atoms with Crippen LogP contribution in [0.4, 0.5) is 0 Å². The third kappa shape index (κ3) is 2.22. The van der Waals surface area contributed by atoms with E-state index in [1.165, 1.54) is 11.1 Å². The van der Waals surface area contributed by atoms with E-state index in [9.17, 15) is 5.11 Å². The van der Waals surface area contributed by atoms with Crippen LogP contribution in [0, 0.1) is 0 Å². The molecule has 0 fully saturated rings. The van der Waals surface area contributed by atoms with E-state index in [0.717, 1.165) is 37.1 Å². The van der Waals surface area contributed by atoms with E-state index in [1.54, 1.807) is 0 Å². The third-order valence-corrected chi connectivity index (χ3v) is 4.70. The minimum Gasteiger partial charge on any atom is -0.487 e. The van der Waals surface area contributed by atoms with Crippen molar-refractivity contribution in [3.8, 4) is 5.75 Å². The summed E-state index contributed by atoms with van der Waals surface area (Å²) < 4.78 is 5.96. The summed E-state index contributed by atoms with van der Waals surface area (Å²) in [5.74, 6) is 1.01. The molecule has 2 heterocycles. The number of aryl methyl sites for hydroxylation is 1. The van der Waals surface area contributed by atoms with Crippen LogP contribution in [0.2, 0.25) is 0 Å². The van der Waals surface area contributed by atoms with Crippen molar-refractivity contribution in [3.63, 3.8) is 0 Å². The molecule has 1 aromatic carbocycles. The van der Waals surface area contributed by atoms with Gasteiger partial charge < -0.3 is 9.84 Å². The Bertz CT molecular complexity index is 630. The van der Waals surface area contributed by atoms with Gasteiger partial charge in [0.1, 0.15) is 11.9 Å². The van der Waals surface area contributed by atoms with Crippen LogP contribution >= 0.6 is 0 Å². The zero-order valence-electron chi connectivity index (χ0n) is 11.9. The number of hydrogen-bond acceptors (Lipinski definition) is 3. The molecule has 0 spiro atoms. The summed E-state index contributed by atoms with van der Waals surface area (Å²) in [6.45, 7) is 0. The number of rotatable bonds is 2. The Morgan fingerprint density at radius 2 is 2.00 bits per heavy atom. The molecule has 4 rings (SSSR count). The summed E-state index contributed by atoms with van der Waals surface area (Å²) in [6, 6.07) is 12.2. The number of pyridine rings is 1. The van der Waals surface area contributed by atoms with Crippen molar-refractivity contribution < 1.29 is 9.84 Å². The lowest BCUT2D eigenvalue weighted by molar-refractivity contribution is 0.0250. The Morgan fingerprint density at radius 3 is 2.90 bits per heavy atom. The Labute approximate surface area is 124 Å². The SMILES string of the molecule is OC(C1Cc2ccccc2O1)C1CCCc2cccnc21. The van der Waals surface area contributed by atoms with Crippen LogP contribution < -0.4 is 4.74 Å². The van der Waals surface area contributed by atoms with E-state index < -0.39 is 6.10 Å². The number of hydrogen-bond donors (Lipinski definition) is 1. The lowest BCUT2D eigenvalue weighted by Crippen LogP contribution is -2.37. The van der Waals surface area contributed by atoms with Gasteiger partial charge in [-0.15, -0.1) is 0 Å². The van der Waals surface area contributed by atoms with Gasteiger partial charge in [-0.05, 0) is 42.5 Å². The highest BCUT2D eigenvalue weighted by Crippen LogP contribution is 2.38. The van der Waals surface area contributed by atoms with Gasteiger partial charge in [-0.3, -0.25) is 4.98 Å². The Balaban J connectivity index is 1.59. The maximum Gasteiger partial charge on any atom is 0.129 e. The molecule has 1 aliphatic carbocycles. The molecule has 0 radical (unpaired) electrons. The number of aliphatic hydroxyl groups excluding tert-OH is 1. The number of ether oxygens (including phenoxy) is 1. The number of nitrogens with zero attached hydrogens (tertiary/aromatic N) is 1. The average molecular weight is 281 g/mol. The van der Waals surface area contributed by atoms with Gasteiger partial charge in [0.15, 0.2) is 0 Å². The first-order valence-corrected chi connectivity index (χ1v) is 7.69. The van der Waals surface area contributed by atoms with Crippen LogP contribution in [0.25, 0.3) is 0 Å². The number of fused-ring (bicyclic) bond motifs is 2. The van der Waals surface area contributed by atoms with Crippen molar-refractivity contribution in [1.29, 1.82) is 0 Å². The number of aromatic nitrogens is 1. The molecule has 3 unspecified atom stereocenters. The molecule has 3 nitrogen and oxygen atoms in total. The summed E-state index contributed by atoms with van der Waals surface area (Å²) >= 11 is 0. The fraction of sp³-hybridized carbons (Fsp3) is 0.389. The number of aliphatic hydroxyl groups is 1. The van der Waals surface area contributed by atoms with Gasteiger partial charge in [0, 0.05) is 24.2 Å². The summed E-state index contributed by atoms with van der Waals surface area (Å²) in [5, 5.41) is 10.8. The smallest absolute Gasteiger partial charge is 0.129 e. The highest BCUT2D eigenvalue weighted by atomic mass is 16.5. The highest BCUT2D eigenvalue weighted by molar-refractivity contribution is 5.38. The van der Waals surface area contributed by atoms with Crippen LogP contribution in [0.5, 0.6) is 5.75 Å². The second-order valence-electron chi connectivity index (χ2n) is 6.01. The van der Waals surface area contributed by atoms with Crippen molar-refractivity contribution >= 4 is 0 Å². The lowest BCUT2D eigenvalue weighted by atomic mass is 9.81. The molecular weight excluding hydrogens is 262 g/mol. The molecule has 0 amide bonds. The molecule has 1 aliphatic heterocycles. The predicted molar refractivity (Wildman–Crippen MR) is 80.5 cm³/mol. The van der Waals surface area contributed by atoms with Crippen molar-refractivity contribution in [2.75, 3.05) is 0 Å². The Kier molecular flexibility index (Phi) is 3.15. The molecular formula is C18H19NO2. The summed E-state index contributed by atoms with van der Waals surface area (Å²) in [5.41, 5.74) is 3.54. The van der Waals surface area contributed by atoms with E-state index in [2.05, 4.69) is 17.1 Å². The van der Waals surface area contributed by atoms with E-state index in [-0.39, 0.29) is 12.0 Å². The lowest BCUT2D eigenvalue weighted by Gasteiger charge is -2.31. The van der Waals surface area contributed by atoms with Crippen LogP contribution in [-0.4, -0.2) is 22.3 Å². The molecule has 0 saturated carbocycles. The van der Waals surface area contributed by atoms with Gasteiger partial charge in [0.25, 0.3) is 0 Å². The fourth-order valence-electron chi connectivity index (χ4n) is 3.64. The highest BCUT2D eigenvalue weighted by Gasteiger charge is 2.37. The van der Waals surface area contributed by atoms with Crippen LogP contribution in [0.1, 0.15) is 35.6 Å². The molecule has 2 aromatic rings. The van der Waals surface area contributed by atoms with Gasteiger partial charge in [0.2, 0.25) is 0 Å². The summed E-state index contributed by atoms with van der Waals surface area (Å²) in [6.07, 6.45) is 5.13. The van der Waals surface area contributed by atoms with E-state index in [1.807, 2.05) is 30.5 Å². The largest absolute Gasteiger partial charge is 0.487 e. The fourth-order valence-corrected chi connectivity index (χ4v) is 3.64. The Morgan fingerprint density at radius 1 is 1.14 bits per heavy atom. The zero-order valence-corrected chi connectivity index (χ0v) is 11.9. The molecule has 0 saturated heterocycles.